The van der Waals surface area contributed by atoms with Gasteiger partial charge in [0.05, 0.1) is 0 Å². The summed E-state index contributed by atoms with van der Waals surface area (Å²) in [6.07, 6.45) is 1.38. The third kappa shape index (κ3) is 2.88. The van der Waals surface area contributed by atoms with E-state index in [0.717, 1.165) is 11.3 Å². The molecule has 1 amide bonds. The van der Waals surface area contributed by atoms with Gasteiger partial charge in [-0.2, -0.15) is 0 Å². The molecule has 1 heterocycles. The number of halogens is 1. The third-order valence-corrected chi connectivity index (χ3v) is 4.79. The van der Waals surface area contributed by atoms with Crippen LogP contribution < -0.4 is 0 Å². The number of allylic oxidation sites excluding steroid dienone is 2. The molecule has 0 aromatic heterocycles. The highest BCUT2D eigenvalue weighted by molar-refractivity contribution is 6.01. The van der Waals surface area contributed by atoms with Gasteiger partial charge in [0.15, 0.2) is 5.78 Å². The lowest BCUT2D eigenvalue weighted by molar-refractivity contribution is -0.143. The molecular weight excluding hydrogens is 307 g/mol. The molecule has 0 radical (unpaired) electrons. The van der Waals surface area contributed by atoms with E-state index in [4.69, 9.17) is 0 Å². The highest BCUT2D eigenvalue weighted by atomic mass is 19.1. The lowest BCUT2D eigenvalue weighted by Gasteiger charge is -2.44. The van der Waals surface area contributed by atoms with E-state index in [1.807, 2.05) is 14.1 Å². The molecule has 0 saturated carbocycles. The molecule has 1 aliphatic heterocycles. The van der Waals surface area contributed by atoms with E-state index in [1.54, 1.807) is 22.2 Å². The van der Waals surface area contributed by atoms with Crippen molar-refractivity contribution in [3.05, 3.63) is 46.9 Å². The molecule has 0 bridgehead atoms. The van der Waals surface area contributed by atoms with Crippen LogP contribution in [0.15, 0.2) is 35.5 Å². The van der Waals surface area contributed by atoms with Crippen molar-refractivity contribution in [3.8, 4) is 0 Å². The smallest absolute Gasteiger partial charge is 0.242 e. The highest BCUT2D eigenvalue weighted by Crippen LogP contribution is 2.47. The van der Waals surface area contributed by atoms with Gasteiger partial charge < -0.3 is 0 Å². The van der Waals surface area contributed by atoms with Crippen LogP contribution in [0, 0.1) is 11.2 Å². The molecule has 3 rings (SSSR count). The summed E-state index contributed by atoms with van der Waals surface area (Å²) in [5.41, 5.74) is 2.17. The Bertz CT molecular complexity index is 719. The summed E-state index contributed by atoms with van der Waals surface area (Å²) >= 11 is 0. The molecule has 1 atom stereocenters. The standard InChI is InChI=1S/C19H23FN2O2/c1-19(2)10-15-18(16(23)11-19)14(9-17(24)22(15)21(3)4)12-5-7-13(20)8-6-12/h5-8,14H,9-11H2,1-4H3. The maximum atomic E-state index is 13.2. The SMILES string of the molecule is CN(C)N1C(=O)CC(c2ccc(F)cc2)C2=C1CC(C)(C)CC2=O. The zero-order valence-electron chi connectivity index (χ0n) is 14.6. The van der Waals surface area contributed by atoms with E-state index in [-0.39, 0.29) is 35.3 Å². The molecule has 4 nitrogen and oxygen atoms in total. The van der Waals surface area contributed by atoms with E-state index < -0.39 is 0 Å². The first-order chi connectivity index (χ1) is 11.2. The van der Waals surface area contributed by atoms with Crippen LogP contribution in [0.25, 0.3) is 0 Å². The first-order valence-corrected chi connectivity index (χ1v) is 8.21. The molecule has 1 aromatic carbocycles. The molecule has 128 valence electrons. The number of carbonyl (C=O) groups is 2. The van der Waals surface area contributed by atoms with Gasteiger partial charge in [-0.1, -0.05) is 26.0 Å². The minimum Gasteiger partial charge on any atom is -0.294 e. The maximum Gasteiger partial charge on any atom is 0.242 e. The van der Waals surface area contributed by atoms with Crippen LogP contribution in [-0.4, -0.2) is 35.8 Å². The molecule has 1 unspecified atom stereocenters. The lowest BCUT2D eigenvalue weighted by atomic mass is 9.69. The van der Waals surface area contributed by atoms with Crippen molar-refractivity contribution >= 4 is 11.7 Å². The van der Waals surface area contributed by atoms with Crippen LogP contribution in [0.2, 0.25) is 0 Å². The number of nitrogens with zero attached hydrogens (tertiary/aromatic N) is 2. The van der Waals surface area contributed by atoms with Crippen molar-refractivity contribution in [2.45, 2.75) is 39.0 Å². The number of Topliss-reactive ketones (excluding diaryl/α,β-unsaturated/α-hetero) is 1. The Hall–Kier alpha value is -2.01. The number of carbonyl (C=O) groups excluding carboxylic acids is 2. The van der Waals surface area contributed by atoms with Gasteiger partial charge >= 0.3 is 0 Å². The fourth-order valence-electron chi connectivity index (χ4n) is 3.84. The number of hydrazine groups is 1. The van der Waals surface area contributed by atoms with E-state index in [9.17, 15) is 14.0 Å². The average molecular weight is 330 g/mol. The number of benzene rings is 1. The Balaban J connectivity index is 2.15. The Morgan fingerprint density at radius 1 is 1.12 bits per heavy atom. The Morgan fingerprint density at radius 2 is 1.75 bits per heavy atom. The number of hydrogen-bond acceptors (Lipinski definition) is 3. The van der Waals surface area contributed by atoms with Gasteiger partial charge in [-0.3, -0.25) is 9.59 Å². The number of amides is 1. The van der Waals surface area contributed by atoms with Crippen LogP contribution in [-0.2, 0) is 9.59 Å². The van der Waals surface area contributed by atoms with E-state index in [0.29, 0.717) is 18.4 Å². The topological polar surface area (TPSA) is 40.6 Å². The fraction of sp³-hybridized carbons (Fsp3) is 0.474. The molecule has 5 heteroatoms. The van der Waals surface area contributed by atoms with Crippen LogP contribution in [0.1, 0.15) is 44.6 Å². The second-order valence-corrected chi connectivity index (χ2v) is 7.66. The lowest BCUT2D eigenvalue weighted by Crippen LogP contribution is -2.49. The van der Waals surface area contributed by atoms with E-state index >= 15 is 0 Å². The molecule has 2 aliphatic rings. The van der Waals surface area contributed by atoms with Crippen LogP contribution >= 0.6 is 0 Å². The number of ketones is 1. The Labute approximate surface area is 141 Å². The summed E-state index contributed by atoms with van der Waals surface area (Å²) in [7, 11) is 3.62. The van der Waals surface area contributed by atoms with Gasteiger partial charge in [-0.05, 0) is 29.5 Å². The van der Waals surface area contributed by atoms with Gasteiger partial charge in [0.2, 0.25) is 5.91 Å². The number of rotatable bonds is 2. The predicted molar refractivity (Wildman–Crippen MR) is 89.3 cm³/mol. The van der Waals surface area contributed by atoms with Crippen molar-refractivity contribution < 1.29 is 14.0 Å². The molecule has 0 N–H and O–H groups in total. The predicted octanol–water partition coefficient (Wildman–Crippen LogP) is 3.26. The third-order valence-electron chi connectivity index (χ3n) is 4.79. The summed E-state index contributed by atoms with van der Waals surface area (Å²) in [6.45, 7) is 4.10. The van der Waals surface area contributed by atoms with Gasteiger partial charge in [-0.15, -0.1) is 0 Å². The largest absolute Gasteiger partial charge is 0.294 e. The minimum absolute atomic E-state index is 0.0291. The van der Waals surface area contributed by atoms with Gasteiger partial charge in [0, 0.05) is 44.1 Å². The van der Waals surface area contributed by atoms with Crippen molar-refractivity contribution in [1.29, 1.82) is 0 Å². The van der Waals surface area contributed by atoms with Gasteiger partial charge in [0.1, 0.15) is 5.82 Å². The summed E-state index contributed by atoms with van der Waals surface area (Å²) in [5.74, 6) is -0.539. The van der Waals surface area contributed by atoms with Crippen molar-refractivity contribution in [2.75, 3.05) is 14.1 Å². The quantitative estimate of drug-likeness (QED) is 0.836. The van der Waals surface area contributed by atoms with Gasteiger partial charge in [0.25, 0.3) is 0 Å². The fourth-order valence-corrected chi connectivity index (χ4v) is 3.84. The maximum absolute atomic E-state index is 13.2. The first-order valence-electron chi connectivity index (χ1n) is 8.21. The number of hydrogen-bond donors (Lipinski definition) is 0. The Kier molecular flexibility index (Phi) is 4.08. The normalized spacial score (nSPS) is 23.8. The zero-order chi connectivity index (χ0) is 17.6. The summed E-state index contributed by atoms with van der Waals surface area (Å²) in [4.78, 5) is 25.6. The molecule has 1 aliphatic carbocycles. The van der Waals surface area contributed by atoms with E-state index in [2.05, 4.69) is 13.8 Å². The van der Waals surface area contributed by atoms with Gasteiger partial charge in [-0.25, -0.2) is 14.4 Å². The first kappa shape index (κ1) is 16.8. The van der Waals surface area contributed by atoms with Crippen LogP contribution in [0.3, 0.4) is 0 Å². The average Bonchev–Trinajstić information content (AvgIpc) is 2.44. The second-order valence-electron chi connectivity index (χ2n) is 7.66. The summed E-state index contributed by atoms with van der Waals surface area (Å²) in [6, 6.07) is 6.12. The van der Waals surface area contributed by atoms with E-state index in [1.165, 1.54) is 12.1 Å². The minimum atomic E-state index is -0.318. The second kappa shape index (κ2) is 5.81. The highest BCUT2D eigenvalue weighted by Gasteiger charge is 2.44. The molecule has 0 spiro atoms. The van der Waals surface area contributed by atoms with Crippen molar-refractivity contribution in [1.82, 2.24) is 10.0 Å². The molecular formula is C19H23FN2O2. The van der Waals surface area contributed by atoms with Crippen molar-refractivity contribution in [3.63, 3.8) is 0 Å². The zero-order valence-corrected chi connectivity index (χ0v) is 14.6. The monoisotopic (exact) mass is 330 g/mol. The molecule has 0 fully saturated rings. The Morgan fingerprint density at radius 3 is 2.33 bits per heavy atom. The summed E-state index contributed by atoms with van der Waals surface area (Å²) in [5, 5.41) is 3.38. The molecule has 1 aromatic rings. The van der Waals surface area contributed by atoms with Crippen LogP contribution in [0.4, 0.5) is 4.39 Å². The van der Waals surface area contributed by atoms with Crippen LogP contribution in [0.5, 0.6) is 0 Å². The summed E-state index contributed by atoms with van der Waals surface area (Å²) < 4.78 is 13.2. The molecule has 0 saturated heterocycles. The van der Waals surface area contributed by atoms with Crippen molar-refractivity contribution in [2.24, 2.45) is 5.41 Å². The molecule has 24 heavy (non-hydrogen) atoms.